The molecule has 1 spiro atoms. The molecule has 0 aromatic heterocycles. The van der Waals surface area contributed by atoms with E-state index < -0.39 is 11.6 Å². The molecule has 0 saturated carbocycles. The van der Waals surface area contributed by atoms with E-state index in [1.54, 1.807) is 24.3 Å². The summed E-state index contributed by atoms with van der Waals surface area (Å²) in [5.74, 6) is 0.289. The highest BCUT2D eigenvalue weighted by Crippen LogP contribution is 2.55. The zero-order valence-corrected chi connectivity index (χ0v) is 16.5. The molecule has 5 rings (SSSR count). The topological polar surface area (TPSA) is 61.8 Å². The van der Waals surface area contributed by atoms with Crippen molar-refractivity contribution in [2.45, 2.75) is 25.4 Å². The predicted octanol–water partition coefficient (Wildman–Crippen LogP) is 5.21. The van der Waals surface area contributed by atoms with Crippen LogP contribution in [0.25, 0.3) is 0 Å². The molecule has 3 aromatic carbocycles. The lowest BCUT2D eigenvalue weighted by Gasteiger charge is -2.36. The van der Waals surface area contributed by atoms with Gasteiger partial charge in [-0.25, -0.2) is 9.59 Å². The van der Waals surface area contributed by atoms with E-state index in [-0.39, 0.29) is 5.97 Å². The molecule has 2 aliphatic rings. The highest BCUT2D eigenvalue weighted by molar-refractivity contribution is 5.97. The Morgan fingerprint density at radius 2 is 1.67 bits per heavy atom. The lowest BCUT2D eigenvalue weighted by atomic mass is 9.77. The Labute approximate surface area is 174 Å². The molecule has 30 heavy (non-hydrogen) atoms. The fourth-order valence-electron chi connectivity index (χ4n) is 4.14. The van der Waals surface area contributed by atoms with Crippen molar-refractivity contribution >= 4 is 11.9 Å². The lowest BCUT2D eigenvalue weighted by Crippen LogP contribution is -2.33. The average molecular weight is 400 g/mol. The minimum Gasteiger partial charge on any atom is -0.462 e. The van der Waals surface area contributed by atoms with Crippen LogP contribution in [0.1, 0.15) is 57.2 Å². The first-order chi connectivity index (χ1) is 14.6. The molecule has 1 unspecified atom stereocenters. The number of unbranched alkanes of at least 4 members (excludes halogenated alkanes) is 1. The molecule has 1 atom stereocenters. The Kier molecular flexibility index (Phi) is 4.31. The molecular formula is C25H20O5. The molecule has 0 N–H and O–H groups in total. The highest BCUT2D eigenvalue weighted by atomic mass is 16.6. The smallest absolute Gasteiger partial charge is 0.340 e. The van der Waals surface area contributed by atoms with Gasteiger partial charge in [-0.1, -0.05) is 49.7 Å². The van der Waals surface area contributed by atoms with Crippen LogP contribution in [0.5, 0.6) is 11.5 Å². The van der Waals surface area contributed by atoms with Gasteiger partial charge < -0.3 is 14.2 Å². The summed E-state index contributed by atoms with van der Waals surface area (Å²) < 4.78 is 17.5. The van der Waals surface area contributed by atoms with Gasteiger partial charge in [-0.15, -0.1) is 0 Å². The molecule has 2 aliphatic heterocycles. The Morgan fingerprint density at radius 3 is 2.50 bits per heavy atom. The fraction of sp³-hybridized carbons (Fsp3) is 0.200. The third-order valence-electron chi connectivity index (χ3n) is 5.59. The lowest BCUT2D eigenvalue weighted by molar-refractivity contribution is 0.0223. The van der Waals surface area contributed by atoms with Crippen molar-refractivity contribution in [3.8, 4) is 11.5 Å². The number of para-hydroxylation sites is 1. The first-order valence-corrected chi connectivity index (χ1v) is 10.1. The van der Waals surface area contributed by atoms with E-state index in [1.165, 1.54) is 0 Å². The number of hydrogen-bond acceptors (Lipinski definition) is 5. The number of rotatable bonds is 4. The second-order valence-corrected chi connectivity index (χ2v) is 7.41. The highest BCUT2D eigenvalue weighted by Gasteiger charge is 2.53. The van der Waals surface area contributed by atoms with Crippen molar-refractivity contribution in [3.05, 3.63) is 94.5 Å². The van der Waals surface area contributed by atoms with Gasteiger partial charge in [0.25, 0.3) is 0 Å². The summed E-state index contributed by atoms with van der Waals surface area (Å²) in [6.45, 7) is 2.42. The molecule has 150 valence electrons. The summed E-state index contributed by atoms with van der Waals surface area (Å²) in [7, 11) is 0. The van der Waals surface area contributed by atoms with Crippen molar-refractivity contribution in [3.63, 3.8) is 0 Å². The molecule has 0 aliphatic carbocycles. The molecule has 3 aromatic rings. The Morgan fingerprint density at radius 1 is 0.933 bits per heavy atom. The van der Waals surface area contributed by atoms with Gasteiger partial charge in [0.05, 0.1) is 17.7 Å². The van der Waals surface area contributed by atoms with E-state index in [1.807, 2.05) is 49.4 Å². The summed E-state index contributed by atoms with van der Waals surface area (Å²) in [6.07, 6.45) is 1.76. The minimum atomic E-state index is -1.11. The summed E-state index contributed by atoms with van der Waals surface area (Å²) in [4.78, 5) is 25.2. The third kappa shape index (κ3) is 2.62. The molecule has 5 heteroatoms. The van der Waals surface area contributed by atoms with E-state index in [9.17, 15) is 9.59 Å². The van der Waals surface area contributed by atoms with Gasteiger partial charge in [0.2, 0.25) is 0 Å². The van der Waals surface area contributed by atoms with Gasteiger partial charge in [-0.3, -0.25) is 0 Å². The molecule has 0 saturated heterocycles. The standard InChI is InChI=1S/C25H20O5/c1-2-3-14-28-23(26)16-12-13-20-22(15-16)29-21-11-7-6-10-19(21)25(20)18-9-5-4-8-17(18)24(27)30-25/h4-13,15H,2-3,14H2,1H3. The summed E-state index contributed by atoms with van der Waals surface area (Å²) in [5, 5.41) is 0. The first-order valence-electron chi connectivity index (χ1n) is 10.1. The van der Waals surface area contributed by atoms with Crippen LogP contribution in [0.15, 0.2) is 66.7 Å². The molecule has 0 fully saturated rings. The SMILES string of the molecule is CCCCOC(=O)c1ccc2c(c1)Oc1ccccc1C21OC(=O)c2ccccc21. The number of carbonyl (C=O) groups is 2. The number of ether oxygens (including phenoxy) is 3. The quantitative estimate of drug-likeness (QED) is 0.444. The van der Waals surface area contributed by atoms with Gasteiger partial charge in [-0.2, -0.15) is 0 Å². The van der Waals surface area contributed by atoms with Crippen molar-refractivity contribution < 1.29 is 23.8 Å². The molecule has 5 nitrogen and oxygen atoms in total. The Bertz CT molecular complexity index is 1170. The van der Waals surface area contributed by atoms with Gasteiger partial charge in [0.1, 0.15) is 11.5 Å². The number of benzene rings is 3. The summed E-state index contributed by atoms with van der Waals surface area (Å²) in [5.41, 5.74) is 2.03. The monoisotopic (exact) mass is 400 g/mol. The molecule has 2 heterocycles. The number of carbonyl (C=O) groups excluding carboxylic acids is 2. The van der Waals surface area contributed by atoms with Crippen LogP contribution in [0.4, 0.5) is 0 Å². The second-order valence-electron chi connectivity index (χ2n) is 7.41. The van der Waals surface area contributed by atoms with Crippen LogP contribution < -0.4 is 4.74 Å². The molecular weight excluding hydrogens is 380 g/mol. The van der Waals surface area contributed by atoms with Crippen LogP contribution in [0.3, 0.4) is 0 Å². The fourth-order valence-corrected chi connectivity index (χ4v) is 4.14. The van der Waals surface area contributed by atoms with Gasteiger partial charge in [0, 0.05) is 16.7 Å². The van der Waals surface area contributed by atoms with E-state index >= 15 is 0 Å². The Hall–Kier alpha value is -3.60. The van der Waals surface area contributed by atoms with Gasteiger partial charge in [0.15, 0.2) is 5.60 Å². The van der Waals surface area contributed by atoms with Crippen LogP contribution >= 0.6 is 0 Å². The van der Waals surface area contributed by atoms with Crippen molar-refractivity contribution in [1.82, 2.24) is 0 Å². The third-order valence-corrected chi connectivity index (χ3v) is 5.59. The largest absolute Gasteiger partial charge is 0.462 e. The average Bonchev–Trinajstić information content (AvgIpc) is 3.07. The van der Waals surface area contributed by atoms with Gasteiger partial charge in [-0.05, 0) is 36.8 Å². The molecule has 0 amide bonds. The maximum atomic E-state index is 12.7. The molecule has 0 bridgehead atoms. The first kappa shape index (κ1) is 18.4. The van der Waals surface area contributed by atoms with E-state index in [4.69, 9.17) is 14.2 Å². The van der Waals surface area contributed by atoms with Crippen molar-refractivity contribution in [2.24, 2.45) is 0 Å². The predicted molar refractivity (Wildman–Crippen MR) is 110 cm³/mol. The van der Waals surface area contributed by atoms with Crippen LogP contribution in [0.2, 0.25) is 0 Å². The van der Waals surface area contributed by atoms with Crippen LogP contribution in [-0.2, 0) is 15.1 Å². The number of fused-ring (bicyclic) bond motifs is 6. The number of esters is 2. The molecule has 0 radical (unpaired) electrons. The minimum absolute atomic E-state index is 0.378. The van der Waals surface area contributed by atoms with E-state index in [0.29, 0.717) is 34.8 Å². The zero-order chi connectivity index (χ0) is 20.7. The van der Waals surface area contributed by atoms with Crippen LogP contribution in [-0.4, -0.2) is 18.5 Å². The van der Waals surface area contributed by atoms with Crippen molar-refractivity contribution in [1.29, 1.82) is 0 Å². The second kappa shape index (κ2) is 7.02. The normalized spacial score (nSPS) is 18.1. The van der Waals surface area contributed by atoms with Crippen molar-refractivity contribution in [2.75, 3.05) is 6.61 Å². The summed E-state index contributed by atoms with van der Waals surface area (Å²) >= 11 is 0. The summed E-state index contributed by atoms with van der Waals surface area (Å²) in [6, 6.07) is 20.0. The van der Waals surface area contributed by atoms with Crippen LogP contribution in [0, 0.1) is 0 Å². The van der Waals surface area contributed by atoms with E-state index in [0.717, 1.165) is 24.0 Å². The zero-order valence-electron chi connectivity index (χ0n) is 16.5. The Balaban J connectivity index is 1.66. The van der Waals surface area contributed by atoms with E-state index in [2.05, 4.69) is 0 Å². The maximum absolute atomic E-state index is 12.7. The number of hydrogen-bond donors (Lipinski definition) is 0. The maximum Gasteiger partial charge on any atom is 0.340 e. The van der Waals surface area contributed by atoms with Gasteiger partial charge >= 0.3 is 11.9 Å².